The van der Waals surface area contributed by atoms with E-state index in [1.54, 1.807) is 24.3 Å². The maximum absolute atomic E-state index is 9.04. The van der Waals surface area contributed by atoms with E-state index in [4.69, 9.17) is 19.3 Å². The molecule has 120 valence electrons. The van der Waals surface area contributed by atoms with E-state index in [0.29, 0.717) is 29.6 Å². The zero-order valence-corrected chi connectivity index (χ0v) is 13.1. The van der Waals surface area contributed by atoms with Crippen molar-refractivity contribution in [2.24, 2.45) is 0 Å². The largest absolute Gasteiger partial charge is 0.494 e. The first-order chi connectivity index (χ1) is 11.8. The van der Waals surface area contributed by atoms with Crippen LogP contribution in [0.3, 0.4) is 0 Å². The SMILES string of the molecule is CCOc1ccc(-c2noc(COc3ccccc3C#N)n2)cc1. The van der Waals surface area contributed by atoms with Gasteiger partial charge in [-0.2, -0.15) is 10.2 Å². The Bertz CT molecular complexity index is 850. The van der Waals surface area contributed by atoms with Crippen molar-refractivity contribution in [2.45, 2.75) is 13.5 Å². The lowest BCUT2D eigenvalue weighted by atomic mass is 10.2. The predicted molar refractivity (Wildman–Crippen MR) is 86.4 cm³/mol. The van der Waals surface area contributed by atoms with Crippen LogP contribution in [0.25, 0.3) is 11.4 Å². The van der Waals surface area contributed by atoms with Crippen LogP contribution in [-0.4, -0.2) is 16.7 Å². The number of rotatable bonds is 6. The monoisotopic (exact) mass is 321 g/mol. The molecule has 1 aromatic heterocycles. The number of hydrogen-bond donors (Lipinski definition) is 0. The van der Waals surface area contributed by atoms with E-state index in [-0.39, 0.29) is 6.61 Å². The van der Waals surface area contributed by atoms with E-state index >= 15 is 0 Å². The number of aromatic nitrogens is 2. The van der Waals surface area contributed by atoms with Crippen LogP contribution >= 0.6 is 0 Å². The van der Waals surface area contributed by atoms with Crippen molar-refractivity contribution in [1.82, 2.24) is 10.1 Å². The van der Waals surface area contributed by atoms with Crippen LogP contribution in [0.5, 0.6) is 11.5 Å². The molecule has 0 aliphatic rings. The van der Waals surface area contributed by atoms with Crippen molar-refractivity contribution in [3.63, 3.8) is 0 Å². The number of nitrogens with zero attached hydrogens (tertiary/aromatic N) is 3. The molecule has 0 atom stereocenters. The fourth-order valence-electron chi connectivity index (χ4n) is 2.12. The van der Waals surface area contributed by atoms with Crippen LogP contribution in [-0.2, 0) is 6.61 Å². The Morgan fingerprint density at radius 1 is 1.08 bits per heavy atom. The van der Waals surface area contributed by atoms with Crippen LogP contribution in [0.4, 0.5) is 0 Å². The highest BCUT2D eigenvalue weighted by molar-refractivity contribution is 5.55. The Kier molecular flexibility index (Phi) is 4.73. The van der Waals surface area contributed by atoms with Crippen LogP contribution in [0.15, 0.2) is 53.1 Å². The molecule has 0 fully saturated rings. The van der Waals surface area contributed by atoms with Crippen molar-refractivity contribution >= 4 is 0 Å². The molecule has 0 aliphatic carbocycles. The summed E-state index contributed by atoms with van der Waals surface area (Å²) in [6.07, 6.45) is 0. The van der Waals surface area contributed by atoms with E-state index in [0.717, 1.165) is 11.3 Å². The van der Waals surface area contributed by atoms with E-state index < -0.39 is 0 Å². The highest BCUT2D eigenvalue weighted by Crippen LogP contribution is 2.21. The summed E-state index contributed by atoms with van der Waals surface area (Å²) in [5.41, 5.74) is 1.29. The quantitative estimate of drug-likeness (QED) is 0.690. The highest BCUT2D eigenvalue weighted by atomic mass is 16.5. The minimum Gasteiger partial charge on any atom is -0.494 e. The van der Waals surface area contributed by atoms with Gasteiger partial charge in [0.2, 0.25) is 5.82 Å². The number of ether oxygens (including phenoxy) is 2. The molecule has 0 saturated carbocycles. The molecule has 0 unspecified atom stereocenters. The number of benzene rings is 2. The van der Waals surface area contributed by atoms with E-state index in [2.05, 4.69) is 16.2 Å². The Hall–Kier alpha value is -3.33. The van der Waals surface area contributed by atoms with Crippen molar-refractivity contribution in [3.05, 3.63) is 60.0 Å². The number of hydrogen-bond acceptors (Lipinski definition) is 6. The lowest BCUT2D eigenvalue weighted by molar-refractivity contribution is 0.242. The number of nitriles is 1. The first-order valence-electron chi connectivity index (χ1n) is 7.48. The first kappa shape index (κ1) is 15.6. The van der Waals surface area contributed by atoms with Crippen LogP contribution in [0.1, 0.15) is 18.4 Å². The summed E-state index contributed by atoms with van der Waals surface area (Å²) in [6, 6.07) is 16.5. The molecule has 0 bridgehead atoms. The Morgan fingerprint density at radius 2 is 1.88 bits per heavy atom. The van der Waals surface area contributed by atoms with Crippen LogP contribution < -0.4 is 9.47 Å². The fraction of sp³-hybridized carbons (Fsp3) is 0.167. The average molecular weight is 321 g/mol. The summed E-state index contributed by atoms with van der Waals surface area (Å²) < 4.78 is 16.2. The van der Waals surface area contributed by atoms with Gasteiger partial charge in [0.1, 0.15) is 17.6 Å². The second-order valence-corrected chi connectivity index (χ2v) is 4.87. The Labute approximate surface area is 139 Å². The summed E-state index contributed by atoms with van der Waals surface area (Å²) in [6.45, 7) is 2.65. The second kappa shape index (κ2) is 7.29. The summed E-state index contributed by atoms with van der Waals surface area (Å²) in [4.78, 5) is 4.30. The molecule has 0 radical (unpaired) electrons. The molecule has 0 saturated heterocycles. The van der Waals surface area contributed by atoms with E-state index in [9.17, 15) is 0 Å². The first-order valence-corrected chi connectivity index (χ1v) is 7.48. The van der Waals surface area contributed by atoms with Crippen molar-refractivity contribution in [1.29, 1.82) is 5.26 Å². The van der Waals surface area contributed by atoms with Crippen LogP contribution in [0, 0.1) is 11.3 Å². The lowest BCUT2D eigenvalue weighted by Gasteiger charge is -2.04. The summed E-state index contributed by atoms with van der Waals surface area (Å²) in [7, 11) is 0. The van der Waals surface area contributed by atoms with E-state index in [1.807, 2.05) is 31.2 Å². The molecule has 2 aromatic carbocycles. The van der Waals surface area contributed by atoms with Crippen molar-refractivity contribution in [3.8, 4) is 29.0 Å². The minimum absolute atomic E-state index is 0.0999. The summed E-state index contributed by atoms with van der Waals surface area (Å²) >= 11 is 0. The molecule has 0 spiro atoms. The van der Waals surface area contributed by atoms with Crippen molar-refractivity contribution in [2.75, 3.05) is 6.61 Å². The zero-order chi connectivity index (χ0) is 16.8. The van der Waals surface area contributed by atoms with Gasteiger partial charge in [0.25, 0.3) is 5.89 Å². The third-order valence-electron chi connectivity index (χ3n) is 3.25. The van der Waals surface area contributed by atoms with Gasteiger partial charge < -0.3 is 14.0 Å². The van der Waals surface area contributed by atoms with Crippen molar-refractivity contribution < 1.29 is 14.0 Å². The molecular formula is C18H15N3O3. The molecule has 0 amide bonds. The van der Waals surface area contributed by atoms with Gasteiger partial charge >= 0.3 is 0 Å². The van der Waals surface area contributed by atoms with Gasteiger partial charge in [0.15, 0.2) is 6.61 Å². The number of para-hydroxylation sites is 1. The zero-order valence-electron chi connectivity index (χ0n) is 13.1. The molecule has 3 rings (SSSR count). The Morgan fingerprint density at radius 3 is 2.62 bits per heavy atom. The molecule has 24 heavy (non-hydrogen) atoms. The average Bonchev–Trinajstić information content (AvgIpc) is 3.10. The standard InChI is InChI=1S/C18H15N3O3/c1-2-22-15-9-7-13(8-10-15)18-20-17(24-21-18)12-23-16-6-4-3-5-14(16)11-19/h3-10H,2,12H2,1H3. The van der Waals surface area contributed by atoms with Gasteiger partial charge in [-0.15, -0.1) is 0 Å². The molecule has 0 aliphatic heterocycles. The normalized spacial score (nSPS) is 10.2. The van der Waals surface area contributed by atoms with Gasteiger partial charge in [0.05, 0.1) is 12.2 Å². The molecule has 6 heteroatoms. The summed E-state index contributed by atoms with van der Waals surface area (Å²) in [5.74, 6) is 2.10. The van der Waals surface area contributed by atoms with Gasteiger partial charge in [-0.1, -0.05) is 17.3 Å². The smallest absolute Gasteiger partial charge is 0.264 e. The predicted octanol–water partition coefficient (Wildman–Crippen LogP) is 3.59. The molecule has 6 nitrogen and oxygen atoms in total. The molecular weight excluding hydrogens is 306 g/mol. The molecule has 1 heterocycles. The van der Waals surface area contributed by atoms with Gasteiger partial charge in [0, 0.05) is 5.56 Å². The fourth-order valence-corrected chi connectivity index (χ4v) is 2.12. The third kappa shape index (κ3) is 3.52. The van der Waals surface area contributed by atoms with Gasteiger partial charge in [-0.3, -0.25) is 0 Å². The molecule has 3 aromatic rings. The third-order valence-corrected chi connectivity index (χ3v) is 3.25. The van der Waals surface area contributed by atoms with Crippen LogP contribution in [0.2, 0.25) is 0 Å². The highest BCUT2D eigenvalue weighted by Gasteiger charge is 2.10. The maximum atomic E-state index is 9.04. The van der Waals surface area contributed by atoms with Gasteiger partial charge in [-0.05, 0) is 43.3 Å². The topological polar surface area (TPSA) is 81.2 Å². The lowest BCUT2D eigenvalue weighted by Crippen LogP contribution is -1.97. The Balaban J connectivity index is 1.68. The minimum atomic E-state index is 0.0999. The maximum Gasteiger partial charge on any atom is 0.264 e. The van der Waals surface area contributed by atoms with Gasteiger partial charge in [-0.25, -0.2) is 0 Å². The summed E-state index contributed by atoms with van der Waals surface area (Å²) in [5, 5.41) is 13.0. The second-order valence-electron chi connectivity index (χ2n) is 4.87. The molecule has 0 N–H and O–H groups in total. The van der Waals surface area contributed by atoms with E-state index in [1.165, 1.54) is 0 Å².